The lowest BCUT2D eigenvalue weighted by Gasteiger charge is -2.11. The Morgan fingerprint density at radius 1 is 0.862 bits per heavy atom. The number of hydrogen-bond acceptors (Lipinski definition) is 3. The minimum atomic E-state index is -0.364. The van der Waals surface area contributed by atoms with Gasteiger partial charge in [-0.15, -0.1) is 11.3 Å². The fraction of sp³-hybridized carbons (Fsp3) is 0.0800. The van der Waals surface area contributed by atoms with Crippen molar-refractivity contribution in [1.82, 2.24) is 0 Å². The molecule has 2 nitrogen and oxygen atoms in total. The first kappa shape index (κ1) is 19.4. The van der Waals surface area contributed by atoms with Gasteiger partial charge in [-0.2, -0.15) is 0 Å². The molecule has 1 aromatic heterocycles. The minimum Gasteiger partial charge on any atom is -0.462 e. The van der Waals surface area contributed by atoms with E-state index in [0.717, 1.165) is 32.0 Å². The van der Waals surface area contributed by atoms with Gasteiger partial charge >= 0.3 is 5.97 Å². The van der Waals surface area contributed by atoms with Gasteiger partial charge in [0.2, 0.25) is 0 Å². The van der Waals surface area contributed by atoms with Gasteiger partial charge in [0.15, 0.2) is 0 Å². The summed E-state index contributed by atoms with van der Waals surface area (Å²) in [5.74, 6) is -0.364. The van der Waals surface area contributed by atoms with Crippen LogP contribution < -0.4 is 0 Å². The zero-order valence-electron chi connectivity index (χ0n) is 15.9. The van der Waals surface area contributed by atoms with Crippen LogP contribution >= 0.6 is 22.9 Å². The molecule has 0 atom stereocenters. The van der Waals surface area contributed by atoms with Crippen LogP contribution in [0.3, 0.4) is 0 Å². The van der Waals surface area contributed by atoms with Crippen molar-refractivity contribution in [2.24, 2.45) is 0 Å². The van der Waals surface area contributed by atoms with Crippen LogP contribution in [0.2, 0.25) is 5.02 Å². The molecule has 4 aromatic rings. The van der Waals surface area contributed by atoms with Gasteiger partial charge < -0.3 is 4.74 Å². The average Bonchev–Trinajstić information content (AvgIpc) is 3.20. The molecule has 0 spiro atoms. The Morgan fingerprint density at radius 2 is 1.52 bits per heavy atom. The quantitative estimate of drug-likeness (QED) is 0.312. The highest BCUT2D eigenvalue weighted by Gasteiger charge is 2.20. The largest absolute Gasteiger partial charge is 0.462 e. The highest BCUT2D eigenvalue weighted by molar-refractivity contribution is 7.19. The molecule has 1 heterocycles. The molecule has 0 amide bonds. The summed E-state index contributed by atoms with van der Waals surface area (Å²) in [4.78, 5) is 14.9. The Labute approximate surface area is 179 Å². The Morgan fingerprint density at radius 3 is 2.17 bits per heavy atom. The van der Waals surface area contributed by atoms with Gasteiger partial charge in [-0.25, -0.2) is 4.79 Å². The Bertz CT molecular complexity index is 1130. The zero-order chi connectivity index (χ0) is 20.2. The van der Waals surface area contributed by atoms with Crippen LogP contribution in [0.4, 0.5) is 0 Å². The van der Waals surface area contributed by atoms with Crippen LogP contribution in [-0.4, -0.2) is 12.6 Å². The van der Waals surface area contributed by atoms with Gasteiger partial charge in [0.05, 0.1) is 12.2 Å². The highest BCUT2D eigenvalue weighted by atomic mass is 35.5. The number of ether oxygens (including phenoxy) is 1. The second-order valence-corrected chi connectivity index (χ2v) is 7.98. The molecule has 0 N–H and O–H groups in total. The third-order valence-electron chi connectivity index (χ3n) is 4.59. The van der Waals surface area contributed by atoms with Gasteiger partial charge in [-0.05, 0) is 41.8 Å². The molecule has 4 rings (SSSR count). The fourth-order valence-corrected chi connectivity index (χ4v) is 4.62. The van der Waals surface area contributed by atoms with Crippen molar-refractivity contribution in [2.75, 3.05) is 6.61 Å². The van der Waals surface area contributed by atoms with E-state index in [1.165, 1.54) is 0 Å². The predicted molar refractivity (Wildman–Crippen MR) is 122 cm³/mol. The summed E-state index contributed by atoms with van der Waals surface area (Å²) < 4.78 is 5.29. The predicted octanol–water partition coefficient (Wildman–Crippen LogP) is 7.58. The van der Waals surface area contributed by atoms with Crippen molar-refractivity contribution >= 4 is 28.9 Å². The molecule has 29 heavy (non-hydrogen) atoms. The van der Waals surface area contributed by atoms with E-state index in [1.807, 2.05) is 48.5 Å². The molecule has 0 saturated heterocycles. The molecule has 0 bridgehead atoms. The van der Waals surface area contributed by atoms with Crippen molar-refractivity contribution in [3.05, 3.63) is 95.5 Å². The van der Waals surface area contributed by atoms with Crippen LogP contribution in [0.1, 0.15) is 17.3 Å². The Hall–Kier alpha value is -2.88. The van der Waals surface area contributed by atoms with Crippen LogP contribution in [0.25, 0.3) is 32.0 Å². The lowest BCUT2D eigenvalue weighted by Crippen LogP contribution is -2.06. The monoisotopic (exact) mass is 418 g/mol. The number of esters is 1. The van der Waals surface area contributed by atoms with E-state index in [2.05, 4.69) is 30.3 Å². The molecule has 144 valence electrons. The summed E-state index contributed by atoms with van der Waals surface area (Å²) in [6.07, 6.45) is 0. The summed E-state index contributed by atoms with van der Waals surface area (Å²) in [5, 5.41) is 0.511. The van der Waals surface area contributed by atoms with Gasteiger partial charge in [0.25, 0.3) is 0 Å². The van der Waals surface area contributed by atoms with E-state index < -0.39 is 0 Å². The van der Waals surface area contributed by atoms with E-state index in [9.17, 15) is 4.79 Å². The van der Waals surface area contributed by atoms with Gasteiger partial charge in [0, 0.05) is 20.3 Å². The third-order valence-corrected chi connectivity index (χ3v) is 6.06. The molecule has 3 aromatic carbocycles. The van der Waals surface area contributed by atoms with E-state index in [0.29, 0.717) is 17.2 Å². The lowest BCUT2D eigenvalue weighted by atomic mass is 9.97. The van der Waals surface area contributed by atoms with E-state index in [1.54, 1.807) is 24.3 Å². The maximum absolute atomic E-state index is 12.6. The first-order chi connectivity index (χ1) is 14.2. The smallest absolute Gasteiger partial charge is 0.338 e. The van der Waals surface area contributed by atoms with Crippen molar-refractivity contribution in [3.8, 4) is 32.0 Å². The summed E-state index contributed by atoms with van der Waals surface area (Å²) in [6.45, 7) is 2.12. The van der Waals surface area contributed by atoms with Crippen LogP contribution in [-0.2, 0) is 4.74 Å². The maximum Gasteiger partial charge on any atom is 0.338 e. The van der Waals surface area contributed by atoms with Crippen molar-refractivity contribution in [3.63, 3.8) is 0 Å². The highest BCUT2D eigenvalue weighted by Crippen LogP contribution is 2.44. The van der Waals surface area contributed by atoms with Crippen molar-refractivity contribution < 1.29 is 9.53 Å². The van der Waals surface area contributed by atoms with Crippen LogP contribution in [0.5, 0.6) is 0 Å². The molecule has 0 aliphatic heterocycles. The molecule has 4 heteroatoms. The van der Waals surface area contributed by atoms with Gasteiger partial charge in [-0.1, -0.05) is 78.3 Å². The number of carbonyl (C=O) groups is 1. The SMILES string of the molecule is CCOC(=O)c1cc(Cl)ccc1-c1cc(-c2ccccc2)sc1-c1ccccc1. The van der Waals surface area contributed by atoms with Gasteiger partial charge in [-0.3, -0.25) is 0 Å². The second kappa shape index (κ2) is 8.64. The molecule has 0 saturated carbocycles. The Kier molecular flexibility index (Phi) is 5.79. The zero-order valence-corrected chi connectivity index (χ0v) is 17.5. The molecule has 0 aliphatic rings. The fourth-order valence-electron chi connectivity index (χ4n) is 3.27. The average molecular weight is 419 g/mol. The summed E-state index contributed by atoms with van der Waals surface area (Å²) in [5.41, 5.74) is 4.56. The maximum atomic E-state index is 12.6. The van der Waals surface area contributed by atoms with Gasteiger partial charge in [0.1, 0.15) is 0 Å². The third kappa shape index (κ3) is 4.12. The van der Waals surface area contributed by atoms with Crippen molar-refractivity contribution in [2.45, 2.75) is 6.92 Å². The summed E-state index contributed by atoms with van der Waals surface area (Å²) in [7, 11) is 0. The summed E-state index contributed by atoms with van der Waals surface area (Å²) in [6, 6.07) is 28.0. The molecule has 0 unspecified atom stereocenters. The van der Waals surface area contributed by atoms with E-state index in [-0.39, 0.29) is 5.97 Å². The lowest BCUT2D eigenvalue weighted by molar-refractivity contribution is 0.0527. The van der Waals surface area contributed by atoms with Crippen molar-refractivity contribution in [1.29, 1.82) is 0 Å². The Balaban J connectivity index is 1.94. The van der Waals surface area contributed by atoms with Crippen LogP contribution in [0, 0.1) is 0 Å². The second-order valence-electron chi connectivity index (χ2n) is 6.50. The normalized spacial score (nSPS) is 10.7. The topological polar surface area (TPSA) is 26.3 Å². The number of carbonyl (C=O) groups excluding carboxylic acids is 1. The standard InChI is InChI=1S/C25H19ClO2S/c1-2-28-25(27)22-15-19(26)13-14-20(22)21-16-23(17-9-5-3-6-10-17)29-24(21)18-11-7-4-8-12-18/h3-16H,2H2,1H3. The molecular formula is C25H19ClO2S. The van der Waals surface area contributed by atoms with E-state index in [4.69, 9.17) is 16.3 Å². The summed E-state index contributed by atoms with van der Waals surface area (Å²) >= 11 is 7.91. The first-order valence-electron chi connectivity index (χ1n) is 9.39. The number of thiophene rings is 1. The molecular weight excluding hydrogens is 400 g/mol. The first-order valence-corrected chi connectivity index (χ1v) is 10.6. The number of rotatable bonds is 5. The van der Waals surface area contributed by atoms with Crippen LogP contribution in [0.15, 0.2) is 84.9 Å². The van der Waals surface area contributed by atoms with E-state index >= 15 is 0 Å². The number of benzene rings is 3. The minimum absolute atomic E-state index is 0.315. The number of halogens is 1. The number of hydrogen-bond donors (Lipinski definition) is 0. The molecule has 0 fully saturated rings. The molecule has 0 radical (unpaired) electrons. The molecule has 0 aliphatic carbocycles.